The SMILES string of the molecule is CCCCCCCCCCCCCCn1cc[n+](CCCCC)c1C(C)C. The van der Waals surface area contributed by atoms with Crippen LogP contribution < -0.4 is 4.57 Å². The Labute approximate surface area is 170 Å². The quantitative estimate of drug-likeness (QED) is 0.182. The first-order chi connectivity index (χ1) is 13.2. The molecule has 1 aromatic heterocycles. The van der Waals surface area contributed by atoms with E-state index >= 15 is 0 Å². The summed E-state index contributed by atoms with van der Waals surface area (Å²) in [6, 6.07) is 0. The number of unbranched alkanes of at least 4 members (excludes halogenated alkanes) is 13. The summed E-state index contributed by atoms with van der Waals surface area (Å²) in [5, 5.41) is 0. The molecule has 2 nitrogen and oxygen atoms in total. The Balaban J connectivity index is 2.12. The van der Waals surface area contributed by atoms with Crippen LogP contribution in [0.3, 0.4) is 0 Å². The fourth-order valence-corrected chi connectivity index (χ4v) is 4.18. The van der Waals surface area contributed by atoms with Crippen LogP contribution in [0.1, 0.15) is 136 Å². The van der Waals surface area contributed by atoms with Crippen LogP contribution in [-0.2, 0) is 13.1 Å². The Morgan fingerprint density at radius 2 is 1.19 bits per heavy atom. The van der Waals surface area contributed by atoms with Crippen LogP contribution in [0, 0.1) is 0 Å². The minimum atomic E-state index is 0.610. The number of aromatic nitrogens is 2. The first-order valence-electron chi connectivity index (χ1n) is 12.3. The topological polar surface area (TPSA) is 8.81 Å². The van der Waals surface area contributed by atoms with Crippen molar-refractivity contribution in [3.05, 3.63) is 18.2 Å². The molecule has 0 radical (unpaired) electrons. The molecule has 0 unspecified atom stereocenters. The number of hydrogen-bond acceptors (Lipinski definition) is 0. The zero-order chi connectivity index (χ0) is 19.7. The van der Waals surface area contributed by atoms with E-state index < -0.39 is 0 Å². The lowest BCUT2D eigenvalue weighted by atomic mass is 10.1. The van der Waals surface area contributed by atoms with Gasteiger partial charge in [-0.3, -0.25) is 0 Å². The van der Waals surface area contributed by atoms with Crippen molar-refractivity contribution in [1.82, 2.24) is 4.57 Å². The Kier molecular flexibility index (Phi) is 14.5. The number of nitrogens with zero attached hydrogens (tertiary/aromatic N) is 2. The molecule has 0 amide bonds. The minimum absolute atomic E-state index is 0.610. The first kappa shape index (κ1) is 24.2. The molecule has 0 N–H and O–H groups in total. The van der Waals surface area contributed by atoms with E-state index in [2.05, 4.69) is 49.2 Å². The molecule has 0 aliphatic rings. The highest BCUT2D eigenvalue weighted by molar-refractivity contribution is 4.89. The lowest BCUT2D eigenvalue weighted by Gasteiger charge is -2.08. The largest absolute Gasteiger partial charge is 0.258 e. The second-order valence-corrected chi connectivity index (χ2v) is 8.79. The molecule has 0 atom stereocenters. The predicted molar refractivity (Wildman–Crippen MR) is 119 cm³/mol. The summed E-state index contributed by atoms with van der Waals surface area (Å²) in [5.74, 6) is 2.13. The zero-order valence-corrected chi connectivity index (χ0v) is 19.1. The average molecular weight is 378 g/mol. The van der Waals surface area contributed by atoms with E-state index in [4.69, 9.17) is 0 Å². The Morgan fingerprint density at radius 1 is 0.704 bits per heavy atom. The van der Waals surface area contributed by atoms with Crippen LogP contribution in [0.5, 0.6) is 0 Å². The summed E-state index contributed by atoms with van der Waals surface area (Å²) < 4.78 is 5.02. The molecule has 0 aliphatic carbocycles. The summed E-state index contributed by atoms with van der Waals surface area (Å²) in [5.41, 5.74) is 0. The van der Waals surface area contributed by atoms with Gasteiger partial charge in [0.25, 0.3) is 5.82 Å². The highest BCUT2D eigenvalue weighted by Crippen LogP contribution is 2.15. The van der Waals surface area contributed by atoms with Gasteiger partial charge in [-0.15, -0.1) is 0 Å². The molecule has 0 spiro atoms. The number of imidazole rings is 1. The Bertz CT molecular complexity index is 447. The van der Waals surface area contributed by atoms with Crippen molar-refractivity contribution >= 4 is 0 Å². The van der Waals surface area contributed by atoms with E-state index in [-0.39, 0.29) is 0 Å². The van der Waals surface area contributed by atoms with Crippen LogP contribution in [0.25, 0.3) is 0 Å². The highest BCUT2D eigenvalue weighted by atomic mass is 15.1. The summed E-state index contributed by atoms with van der Waals surface area (Å²) in [7, 11) is 0. The number of hydrogen-bond donors (Lipinski definition) is 0. The van der Waals surface area contributed by atoms with Crippen LogP contribution in [0.2, 0.25) is 0 Å². The van der Waals surface area contributed by atoms with Crippen molar-refractivity contribution in [1.29, 1.82) is 0 Å². The van der Waals surface area contributed by atoms with E-state index in [0.29, 0.717) is 5.92 Å². The fourth-order valence-electron chi connectivity index (χ4n) is 4.18. The van der Waals surface area contributed by atoms with E-state index in [9.17, 15) is 0 Å². The van der Waals surface area contributed by atoms with Gasteiger partial charge in [-0.1, -0.05) is 98.3 Å². The van der Waals surface area contributed by atoms with E-state index in [1.807, 2.05) is 0 Å². The van der Waals surface area contributed by atoms with Crippen molar-refractivity contribution < 1.29 is 4.57 Å². The molecule has 27 heavy (non-hydrogen) atoms. The van der Waals surface area contributed by atoms with Crippen molar-refractivity contribution in [2.45, 2.75) is 143 Å². The summed E-state index contributed by atoms with van der Waals surface area (Å²) in [6.45, 7) is 11.6. The second-order valence-electron chi connectivity index (χ2n) is 8.79. The fraction of sp³-hybridized carbons (Fsp3) is 0.880. The molecule has 2 heteroatoms. The first-order valence-corrected chi connectivity index (χ1v) is 12.3. The monoisotopic (exact) mass is 377 g/mol. The molecule has 0 aliphatic heterocycles. The van der Waals surface area contributed by atoms with E-state index in [0.717, 1.165) is 0 Å². The van der Waals surface area contributed by atoms with E-state index in [1.165, 1.54) is 115 Å². The Morgan fingerprint density at radius 3 is 1.70 bits per heavy atom. The third kappa shape index (κ3) is 11.0. The van der Waals surface area contributed by atoms with Gasteiger partial charge in [-0.2, -0.15) is 0 Å². The maximum atomic E-state index is 2.52. The molecular weight excluding hydrogens is 328 g/mol. The number of rotatable bonds is 18. The van der Waals surface area contributed by atoms with Crippen LogP contribution in [-0.4, -0.2) is 4.57 Å². The van der Waals surface area contributed by atoms with Crippen molar-refractivity contribution in [2.24, 2.45) is 0 Å². The smallest absolute Gasteiger partial charge is 0.234 e. The molecule has 0 saturated heterocycles. The molecule has 1 rings (SSSR count). The van der Waals surface area contributed by atoms with Crippen LogP contribution in [0.4, 0.5) is 0 Å². The van der Waals surface area contributed by atoms with Gasteiger partial charge in [-0.25, -0.2) is 9.13 Å². The van der Waals surface area contributed by atoms with Crippen molar-refractivity contribution in [2.75, 3.05) is 0 Å². The molecule has 0 aromatic carbocycles. The lowest BCUT2D eigenvalue weighted by molar-refractivity contribution is -0.705. The van der Waals surface area contributed by atoms with Gasteiger partial charge in [0.05, 0.1) is 19.0 Å². The van der Waals surface area contributed by atoms with Crippen molar-refractivity contribution in [3.8, 4) is 0 Å². The summed E-state index contributed by atoms with van der Waals surface area (Å²) in [4.78, 5) is 0. The standard InChI is InChI=1S/C25H49N2/c1-5-7-9-10-11-12-13-14-15-16-17-19-21-27-23-22-26(20-18-8-6-2)25(27)24(3)4/h22-24H,5-21H2,1-4H3/q+1. The molecular formula is C25H49N2+. The van der Waals surface area contributed by atoms with Crippen molar-refractivity contribution in [3.63, 3.8) is 0 Å². The van der Waals surface area contributed by atoms with Gasteiger partial charge in [-0.05, 0) is 25.7 Å². The highest BCUT2D eigenvalue weighted by Gasteiger charge is 2.19. The third-order valence-electron chi connectivity index (χ3n) is 5.79. The molecule has 1 heterocycles. The molecule has 158 valence electrons. The van der Waals surface area contributed by atoms with Gasteiger partial charge >= 0.3 is 0 Å². The second kappa shape index (κ2) is 16.2. The summed E-state index contributed by atoms with van der Waals surface area (Å²) in [6.07, 6.45) is 25.7. The maximum absolute atomic E-state index is 2.52. The van der Waals surface area contributed by atoms with Gasteiger partial charge in [0.1, 0.15) is 12.4 Å². The maximum Gasteiger partial charge on any atom is 0.258 e. The minimum Gasteiger partial charge on any atom is -0.234 e. The summed E-state index contributed by atoms with van der Waals surface area (Å²) >= 11 is 0. The predicted octanol–water partition coefficient (Wildman–Crippen LogP) is 7.79. The molecule has 1 aromatic rings. The van der Waals surface area contributed by atoms with Gasteiger partial charge < -0.3 is 0 Å². The van der Waals surface area contributed by atoms with Crippen LogP contribution >= 0.6 is 0 Å². The average Bonchev–Trinajstić information content (AvgIpc) is 3.06. The molecule has 0 saturated carbocycles. The zero-order valence-electron chi connectivity index (χ0n) is 19.1. The normalized spacial score (nSPS) is 11.6. The van der Waals surface area contributed by atoms with Gasteiger partial charge in [0.2, 0.25) is 0 Å². The number of aryl methyl sites for hydroxylation is 2. The van der Waals surface area contributed by atoms with Gasteiger partial charge in [0, 0.05) is 0 Å². The van der Waals surface area contributed by atoms with Gasteiger partial charge in [0.15, 0.2) is 0 Å². The third-order valence-corrected chi connectivity index (χ3v) is 5.79. The molecule has 0 fully saturated rings. The van der Waals surface area contributed by atoms with E-state index in [1.54, 1.807) is 0 Å². The van der Waals surface area contributed by atoms with Crippen LogP contribution in [0.15, 0.2) is 12.4 Å². The molecule has 0 bridgehead atoms. The Hall–Kier alpha value is -0.790. The lowest BCUT2D eigenvalue weighted by Crippen LogP contribution is -2.38.